The minimum absolute atomic E-state index is 0.0531. The van der Waals surface area contributed by atoms with E-state index < -0.39 is 0 Å². The molecule has 1 unspecified atom stereocenters. The molecule has 18 heavy (non-hydrogen) atoms. The van der Waals surface area contributed by atoms with Gasteiger partial charge in [-0.15, -0.1) is 5.10 Å². The molecule has 0 saturated heterocycles. The van der Waals surface area contributed by atoms with E-state index in [2.05, 4.69) is 43.5 Å². The quantitative estimate of drug-likeness (QED) is 0.936. The molecular weight excluding hydrogens is 294 g/mol. The number of nitrogens with zero attached hydrogens (tertiary/aromatic N) is 4. The predicted molar refractivity (Wildman–Crippen MR) is 73.2 cm³/mol. The maximum Gasteiger partial charge on any atom is 0.153 e. The number of pyridine rings is 1. The van der Waals surface area contributed by atoms with Crippen LogP contribution in [0.5, 0.6) is 0 Å². The minimum Gasteiger partial charge on any atom is -0.308 e. The molecule has 96 valence electrons. The van der Waals surface area contributed by atoms with Crippen molar-refractivity contribution in [1.82, 2.24) is 25.3 Å². The topological polar surface area (TPSA) is 55.6 Å². The monoisotopic (exact) mass is 309 g/mol. The first-order valence-electron chi connectivity index (χ1n) is 5.84. The lowest BCUT2D eigenvalue weighted by molar-refractivity contribution is 0.593. The fourth-order valence-electron chi connectivity index (χ4n) is 2.10. The Hall–Kier alpha value is -1.27. The van der Waals surface area contributed by atoms with Crippen molar-refractivity contribution in [1.29, 1.82) is 0 Å². The molecule has 0 aromatic carbocycles. The largest absolute Gasteiger partial charge is 0.308 e. The lowest BCUT2D eigenvalue weighted by atomic mass is 9.99. The molecular formula is C12H16BrN5. The summed E-state index contributed by atoms with van der Waals surface area (Å²) in [6.45, 7) is 2.13. The second-order valence-electron chi connectivity index (χ2n) is 4.04. The van der Waals surface area contributed by atoms with Crippen LogP contribution < -0.4 is 5.32 Å². The summed E-state index contributed by atoms with van der Waals surface area (Å²) in [5, 5.41) is 11.4. The van der Waals surface area contributed by atoms with Gasteiger partial charge in [0.15, 0.2) is 4.60 Å². The third-order valence-corrected chi connectivity index (χ3v) is 3.59. The maximum absolute atomic E-state index is 4.18. The summed E-state index contributed by atoms with van der Waals surface area (Å²) >= 11 is 3.45. The lowest BCUT2D eigenvalue weighted by Gasteiger charge is -2.19. The Morgan fingerprint density at radius 3 is 2.83 bits per heavy atom. The van der Waals surface area contributed by atoms with Gasteiger partial charge in [0.05, 0.1) is 11.7 Å². The van der Waals surface area contributed by atoms with Crippen LogP contribution in [0.25, 0.3) is 0 Å². The van der Waals surface area contributed by atoms with Crippen LogP contribution in [0.15, 0.2) is 23.1 Å². The van der Waals surface area contributed by atoms with Crippen LogP contribution in [0.3, 0.4) is 0 Å². The molecule has 0 amide bonds. The summed E-state index contributed by atoms with van der Waals surface area (Å²) in [5.74, 6) is 0. The van der Waals surface area contributed by atoms with E-state index in [4.69, 9.17) is 0 Å². The number of rotatable bonds is 4. The van der Waals surface area contributed by atoms with Gasteiger partial charge in [-0.2, -0.15) is 0 Å². The zero-order valence-electron chi connectivity index (χ0n) is 10.7. The van der Waals surface area contributed by atoms with Gasteiger partial charge >= 0.3 is 0 Å². The second kappa shape index (κ2) is 5.58. The second-order valence-corrected chi connectivity index (χ2v) is 4.79. The molecule has 2 aromatic rings. The molecule has 2 aromatic heterocycles. The van der Waals surface area contributed by atoms with Crippen molar-refractivity contribution in [2.45, 2.75) is 19.4 Å². The summed E-state index contributed by atoms with van der Waals surface area (Å²) in [6.07, 6.45) is 4.68. The van der Waals surface area contributed by atoms with Crippen LogP contribution in [-0.4, -0.2) is 27.0 Å². The van der Waals surface area contributed by atoms with Crippen LogP contribution in [-0.2, 0) is 13.5 Å². The smallest absolute Gasteiger partial charge is 0.153 e. The highest BCUT2D eigenvalue weighted by molar-refractivity contribution is 9.10. The third-order valence-electron chi connectivity index (χ3n) is 3.02. The van der Waals surface area contributed by atoms with E-state index in [1.54, 1.807) is 4.68 Å². The molecule has 0 aliphatic heterocycles. The first-order chi connectivity index (χ1) is 8.69. The van der Waals surface area contributed by atoms with Gasteiger partial charge in [-0.3, -0.25) is 4.98 Å². The summed E-state index contributed by atoms with van der Waals surface area (Å²) in [7, 11) is 3.83. The third kappa shape index (κ3) is 2.30. The lowest BCUT2D eigenvalue weighted by Crippen LogP contribution is -2.22. The highest BCUT2D eigenvalue weighted by Gasteiger charge is 2.22. The number of halogens is 1. The van der Waals surface area contributed by atoms with E-state index in [1.807, 2.05) is 32.6 Å². The molecule has 1 N–H and O–H groups in total. The van der Waals surface area contributed by atoms with Crippen molar-refractivity contribution < 1.29 is 0 Å². The van der Waals surface area contributed by atoms with Crippen molar-refractivity contribution in [2.75, 3.05) is 7.05 Å². The fraction of sp³-hybridized carbons (Fsp3) is 0.417. The first kappa shape index (κ1) is 13.2. The SMILES string of the molecule is CCc1cnccc1C(NC)c1c(Br)nnn1C. The molecule has 6 heteroatoms. The highest BCUT2D eigenvalue weighted by atomic mass is 79.9. The molecule has 0 spiro atoms. The van der Waals surface area contributed by atoms with Crippen molar-refractivity contribution in [3.05, 3.63) is 39.9 Å². The van der Waals surface area contributed by atoms with Gasteiger partial charge < -0.3 is 5.32 Å². The zero-order chi connectivity index (χ0) is 13.1. The molecule has 0 radical (unpaired) electrons. The van der Waals surface area contributed by atoms with E-state index in [-0.39, 0.29) is 6.04 Å². The standard InChI is InChI=1S/C12H16BrN5/c1-4-8-7-15-6-5-9(8)10(14-2)11-12(13)16-17-18(11)3/h5-7,10,14H,4H2,1-3H3. The van der Waals surface area contributed by atoms with E-state index >= 15 is 0 Å². The predicted octanol–water partition coefficient (Wildman–Crippen LogP) is 1.84. The Morgan fingerprint density at radius 1 is 1.50 bits per heavy atom. The van der Waals surface area contributed by atoms with E-state index in [9.17, 15) is 0 Å². The molecule has 2 heterocycles. The van der Waals surface area contributed by atoms with E-state index in [0.29, 0.717) is 0 Å². The Bertz CT molecular complexity index is 518. The molecule has 1 atom stereocenters. The van der Waals surface area contributed by atoms with Crippen LogP contribution in [0, 0.1) is 0 Å². The number of aryl methyl sites for hydroxylation is 2. The molecule has 5 nitrogen and oxygen atoms in total. The van der Waals surface area contributed by atoms with Crippen molar-refractivity contribution >= 4 is 15.9 Å². The normalized spacial score (nSPS) is 12.7. The molecule has 0 aliphatic carbocycles. The molecule has 0 fully saturated rings. The molecule has 0 aliphatic rings. The maximum atomic E-state index is 4.18. The van der Waals surface area contributed by atoms with Crippen LogP contribution >= 0.6 is 15.9 Å². The van der Waals surface area contributed by atoms with Gasteiger partial charge in [0.25, 0.3) is 0 Å². The Balaban J connectivity index is 2.52. The Morgan fingerprint density at radius 2 is 2.28 bits per heavy atom. The molecule has 2 rings (SSSR count). The van der Waals surface area contributed by atoms with E-state index in [0.717, 1.165) is 16.7 Å². The number of hydrogen-bond donors (Lipinski definition) is 1. The van der Waals surface area contributed by atoms with Gasteiger partial charge in [0.2, 0.25) is 0 Å². The summed E-state index contributed by atoms with van der Waals surface area (Å²) in [5.41, 5.74) is 3.45. The average molecular weight is 310 g/mol. The van der Waals surface area contributed by atoms with Crippen LogP contribution in [0.2, 0.25) is 0 Å². The van der Waals surface area contributed by atoms with Crippen molar-refractivity contribution in [3.63, 3.8) is 0 Å². The van der Waals surface area contributed by atoms with Gasteiger partial charge in [0.1, 0.15) is 0 Å². The van der Waals surface area contributed by atoms with Crippen molar-refractivity contribution in [2.24, 2.45) is 7.05 Å². The Labute approximate surface area is 115 Å². The van der Waals surface area contributed by atoms with Crippen LogP contribution in [0.1, 0.15) is 29.8 Å². The van der Waals surface area contributed by atoms with Gasteiger partial charge in [-0.05, 0) is 46.6 Å². The van der Waals surface area contributed by atoms with Gasteiger partial charge in [-0.25, -0.2) is 4.68 Å². The number of aromatic nitrogens is 4. The minimum atomic E-state index is 0.0531. The average Bonchev–Trinajstić information content (AvgIpc) is 2.72. The van der Waals surface area contributed by atoms with E-state index in [1.165, 1.54) is 11.1 Å². The molecule has 0 saturated carbocycles. The molecule has 0 bridgehead atoms. The van der Waals surface area contributed by atoms with Crippen molar-refractivity contribution in [3.8, 4) is 0 Å². The summed E-state index contributed by atoms with van der Waals surface area (Å²) < 4.78 is 2.55. The fourth-order valence-corrected chi connectivity index (χ4v) is 2.66. The zero-order valence-corrected chi connectivity index (χ0v) is 12.3. The number of nitrogens with one attached hydrogen (secondary N) is 1. The Kier molecular flexibility index (Phi) is 4.08. The summed E-state index contributed by atoms with van der Waals surface area (Å²) in [6, 6.07) is 2.09. The highest BCUT2D eigenvalue weighted by Crippen LogP contribution is 2.28. The first-order valence-corrected chi connectivity index (χ1v) is 6.63. The van der Waals surface area contributed by atoms with Gasteiger partial charge in [-0.1, -0.05) is 12.1 Å². The summed E-state index contributed by atoms with van der Waals surface area (Å²) in [4.78, 5) is 4.18. The van der Waals surface area contributed by atoms with Crippen LogP contribution in [0.4, 0.5) is 0 Å². The van der Waals surface area contributed by atoms with Gasteiger partial charge in [0, 0.05) is 19.4 Å². The number of hydrogen-bond acceptors (Lipinski definition) is 4.